The van der Waals surface area contributed by atoms with Gasteiger partial charge in [0.1, 0.15) is 23.2 Å². The summed E-state index contributed by atoms with van der Waals surface area (Å²) in [5.74, 6) is -0.977. The van der Waals surface area contributed by atoms with Gasteiger partial charge in [0, 0.05) is 11.0 Å². The van der Waals surface area contributed by atoms with Gasteiger partial charge in [-0.3, -0.25) is 4.79 Å². The minimum atomic E-state index is -1.19. The molecule has 4 nitrogen and oxygen atoms in total. The van der Waals surface area contributed by atoms with Gasteiger partial charge in [-0.15, -0.1) is 0 Å². The number of carbonyl (C=O) groups is 2. The molecule has 3 aromatic carbocycles. The van der Waals surface area contributed by atoms with Crippen molar-refractivity contribution in [1.29, 1.82) is 0 Å². The molecule has 0 bridgehead atoms. The minimum Gasteiger partial charge on any atom is -0.487 e. The molecule has 186 valence electrons. The molecule has 1 unspecified atom stereocenters. The number of ether oxygens (including phenoxy) is 1. The van der Waals surface area contributed by atoms with Gasteiger partial charge in [0.25, 0.3) is 0 Å². The zero-order valence-electron chi connectivity index (χ0n) is 19.7. The summed E-state index contributed by atoms with van der Waals surface area (Å²) >= 11 is 13.1. The number of rotatable bonds is 6. The van der Waals surface area contributed by atoms with Gasteiger partial charge in [-0.2, -0.15) is 0 Å². The SMILES string of the molecule is CC1(C2CCCC2)Cc2cc(OCc3cccc(-c4cc(F)cc(C(=O)O)c4)c3)c(Cl)c(Cl)c2C1=O. The van der Waals surface area contributed by atoms with Gasteiger partial charge < -0.3 is 9.84 Å². The maximum absolute atomic E-state index is 14.0. The van der Waals surface area contributed by atoms with E-state index in [1.807, 2.05) is 25.1 Å². The van der Waals surface area contributed by atoms with Crippen molar-refractivity contribution in [2.45, 2.75) is 45.6 Å². The Hall–Kier alpha value is -2.89. The lowest BCUT2D eigenvalue weighted by Gasteiger charge is -2.29. The van der Waals surface area contributed by atoms with Crippen LogP contribution in [0, 0.1) is 17.2 Å². The molecule has 2 aliphatic rings. The largest absolute Gasteiger partial charge is 0.487 e. The van der Waals surface area contributed by atoms with Crippen molar-refractivity contribution >= 4 is 35.0 Å². The molecule has 0 radical (unpaired) electrons. The van der Waals surface area contributed by atoms with Crippen molar-refractivity contribution in [2.24, 2.45) is 11.3 Å². The van der Waals surface area contributed by atoms with E-state index in [0.29, 0.717) is 34.8 Å². The highest BCUT2D eigenvalue weighted by Gasteiger charge is 2.49. The molecule has 1 atom stereocenters. The van der Waals surface area contributed by atoms with Crippen molar-refractivity contribution in [2.75, 3.05) is 0 Å². The molecule has 5 rings (SSSR count). The number of benzene rings is 3. The highest BCUT2D eigenvalue weighted by Crippen LogP contribution is 2.52. The Labute approximate surface area is 219 Å². The van der Waals surface area contributed by atoms with Gasteiger partial charge in [-0.05, 0) is 77.8 Å². The summed E-state index contributed by atoms with van der Waals surface area (Å²) in [5, 5.41) is 9.70. The summed E-state index contributed by atoms with van der Waals surface area (Å²) in [5.41, 5.74) is 2.71. The molecule has 7 heteroatoms. The molecule has 0 spiro atoms. The van der Waals surface area contributed by atoms with Crippen LogP contribution in [0.15, 0.2) is 48.5 Å². The van der Waals surface area contributed by atoms with Crippen molar-refractivity contribution in [1.82, 2.24) is 0 Å². The van der Waals surface area contributed by atoms with E-state index >= 15 is 0 Å². The zero-order valence-corrected chi connectivity index (χ0v) is 21.3. The molecule has 3 aromatic rings. The quantitative estimate of drug-likeness (QED) is 0.353. The fourth-order valence-electron chi connectivity index (χ4n) is 5.68. The van der Waals surface area contributed by atoms with E-state index in [-0.39, 0.29) is 28.0 Å². The highest BCUT2D eigenvalue weighted by atomic mass is 35.5. The van der Waals surface area contributed by atoms with Crippen LogP contribution in [0.5, 0.6) is 5.75 Å². The molecular weight excluding hydrogens is 502 g/mol. The van der Waals surface area contributed by atoms with E-state index in [2.05, 4.69) is 0 Å². The van der Waals surface area contributed by atoms with Crippen LogP contribution in [0.4, 0.5) is 4.39 Å². The molecule has 1 saturated carbocycles. The maximum Gasteiger partial charge on any atom is 0.335 e. The smallest absolute Gasteiger partial charge is 0.335 e. The zero-order chi connectivity index (χ0) is 25.6. The van der Waals surface area contributed by atoms with Crippen molar-refractivity contribution in [3.8, 4) is 16.9 Å². The van der Waals surface area contributed by atoms with Crippen molar-refractivity contribution < 1.29 is 23.8 Å². The second-order valence-electron chi connectivity index (χ2n) is 9.96. The number of Topliss-reactive ketones (excluding diaryl/α,β-unsaturated/α-hetero) is 1. The number of hydrogen-bond donors (Lipinski definition) is 1. The summed E-state index contributed by atoms with van der Waals surface area (Å²) in [4.78, 5) is 24.7. The van der Waals surface area contributed by atoms with Gasteiger partial charge in [-0.25, -0.2) is 9.18 Å². The first-order valence-electron chi connectivity index (χ1n) is 12.0. The Bertz CT molecular complexity index is 1380. The van der Waals surface area contributed by atoms with Crippen molar-refractivity contribution in [3.63, 3.8) is 0 Å². The molecule has 0 amide bonds. The molecule has 1 fully saturated rings. The normalized spacial score (nSPS) is 19.5. The third kappa shape index (κ3) is 4.39. The lowest BCUT2D eigenvalue weighted by Crippen LogP contribution is -2.32. The van der Waals surface area contributed by atoms with Crippen LogP contribution >= 0.6 is 23.2 Å². The molecule has 36 heavy (non-hydrogen) atoms. The Morgan fingerprint density at radius 1 is 1.08 bits per heavy atom. The Balaban J connectivity index is 1.39. The number of aromatic carboxylic acids is 1. The molecule has 2 aliphatic carbocycles. The van der Waals surface area contributed by atoms with Gasteiger partial charge in [0.15, 0.2) is 5.78 Å². The van der Waals surface area contributed by atoms with E-state index in [0.717, 1.165) is 42.9 Å². The molecule has 0 aliphatic heterocycles. The second kappa shape index (κ2) is 9.53. The predicted molar refractivity (Wildman–Crippen MR) is 138 cm³/mol. The third-order valence-corrected chi connectivity index (χ3v) is 8.46. The van der Waals surface area contributed by atoms with Crippen LogP contribution in [0.1, 0.15) is 64.4 Å². The average Bonchev–Trinajstić information content (AvgIpc) is 3.48. The fraction of sp³-hybridized carbons (Fsp3) is 0.310. The van der Waals surface area contributed by atoms with E-state index in [9.17, 15) is 19.1 Å². The van der Waals surface area contributed by atoms with Crippen LogP contribution in [0.3, 0.4) is 0 Å². The van der Waals surface area contributed by atoms with E-state index < -0.39 is 17.2 Å². The first kappa shape index (κ1) is 24.8. The predicted octanol–water partition coefficient (Wildman–Crippen LogP) is 8.01. The Kier molecular flexibility index (Phi) is 6.56. The van der Waals surface area contributed by atoms with E-state index in [4.69, 9.17) is 27.9 Å². The van der Waals surface area contributed by atoms with Crippen LogP contribution in [0.25, 0.3) is 11.1 Å². The number of hydrogen-bond acceptors (Lipinski definition) is 3. The fourth-order valence-corrected chi connectivity index (χ4v) is 6.18. The number of halogens is 3. The summed E-state index contributed by atoms with van der Waals surface area (Å²) < 4.78 is 20.0. The molecular formula is C29H25Cl2FO4. The summed E-state index contributed by atoms with van der Waals surface area (Å²) in [6, 6.07) is 12.8. The van der Waals surface area contributed by atoms with Crippen LogP contribution in [-0.2, 0) is 13.0 Å². The standard InChI is InChI=1S/C29H25Cl2FO4/c1-29(21-7-2-3-8-21)14-20-13-23(25(30)26(31)24(20)27(29)33)36-15-16-5-4-6-17(9-16)18-10-19(28(34)35)12-22(32)11-18/h4-6,9-13,21H,2-3,7-8,14-15H2,1H3,(H,34,35). The number of fused-ring (bicyclic) bond motifs is 1. The molecule has 1 N–H and O–H groups in total. The molecule has 0 aromatic heterocycles. The molecule has 0 saturated heterocycles. The lowest BCUT2D eigenvalue weighted by molar-refractivity contribution is 0.0695. The summed E-state index contributed by atoms with van der Waals surface area (Å²) in [6.45, 7) is 2.21. The van der Waals surface area contributed by atoms with Gasteiger partial charge >= 0.3 is 5.97 Å². The number of ketones is 1. The van der Waals surface area contributed by atoms with Crippen LogP contribution < -0.4 is 4.74 Å². The maximum atomic E-state index is 14.0. The van der Waals surface area contributed by atoms with Gasteiger partial charge in [0.2, 0.25) is 0 Å². The minimum absolute atomic E-state index is 0.0753. The Morgan fingerprint density at radius 2 is 1.83 bits per heavy atom. The van der Waals surface area contributed by atoms with E-state index in [1.165, 1.54) is 12.1 Å². The van der Waals surface area contributed by atoms with Gasteiger partial charge in [0.05, 0.1) is 10.6 Å². The first-order valence-corrected chi connectivity index (χ1v) is 12.7. The van der Waals surface area contributed by atoms with Crippen LogP contribution in [-0.4, -0.2) is 16.9 Å². The topological polar surface area (TPSA) is 63.6 Å². The van der Waals surface area contributed by atoms with E-state index in [1.54, 1.807) is 12.1 Å². The number of carboxylic acid groups (broad SMARTS) is 1. The third-order valence-electron chi connectivity index (χ3n) is 7.61. The summed E-state index contributed by atoms with van der Waals surface area (Å²) in [7, 11) is 0. The number of carboxylic acids is 1. The first-order chi connectivity index (χ1) is 17.2. The van der Waals surface area contributed by atoms with Crippen molar-refractivity contribution in [3.05, 3.63) is 86.6 Å². The van der Waals surface area contributed by atoms with Gasteiger partial charge in [-0.1, -0.05) is 61.2 Å². The summed E-state index contributed by atoms with van der Waals surface area (Å²) in [6.07, 6.45) is 5.04. The monoisotopic (exact) mass is 526 g/mol. The lowest BCUT2D eigenvalue weighted by atomic mass is 9.73. The Morgan fingerprint density at radius 3 is 2.56 bits per heavy atom. The molecule has 0 heterocycles. The average molecular weight is 527 g/mol. The highest BCUT2D eigenvalue weighted by molar-refractivity contribution is 6.45. The number of carbonyl (C=O) groups excluding carboxylic acids is 1. The van der Waals surface area contributed by atoms with Crippen LogP contribution in [0.2, 0.25) is 10.0 Å². The second-order valence-corrected chi connectivity index (χ2v) is 10.7.